The third-order valence-electron chi connectivity index (χ3n) is 4.91. The van der Waals surface area contributed by atoms with Gasteiger partial charge in [-0.3, -0.25) is 20.2 Å². The van der Waals surface area contributed by atoms with E-state index in [0.29, 0.717) is 34.4 Å². The van der Waals surface area contributed by atoms with Crippen LogP contribution in [-0.2, 0) is 0 Å². The van der Waals surface area contributed by atoms with Crippen molar-refractivity contribution in [1.82, 2.24) is 0 Å². The zero-order chi connectivity index (χ0) is 24.2. The highest BCUT2D eigenvalue weighted by atomic mass is 16.6. The average molecular weight is 458 g/mol. The smallest absolute Gasteiger partial charge is 0.269 e. The molecule has 34 heavy (non-hydrogen) atoms. The number of anilines is 2. The summed E-state index contributed by atoms with van der Waals surface area (Å²) < 4.78 is 11.7. The van der Waals surface area contributed by atoms with Gasteiger partial charge in [-0.25, -0.2) is 0 Å². The summed E-state index contributed by atoms with van der Waals surface area (Å²) in [5, 5.41) is 21.7. The maximum absolute atomic E-state index is 10.8. The van der Waals surface area contributed by atoms with Gasteiger partial charge in [0, 0.05) is 24.3 Å². The van der Waals surface area contributed by atoms with E-state index < -0.39 is 9.85 Å². The number of nitro groups is 2. The van der Waals surface area contributed by atoms with Crippen LogP contribution < -0.4 is 20.9 Å². The van der Waals surface area contributed by atoms with Gasteiger partial charge in [0.1, 0.15) is 11.5 Å². The van der Waals surface area contributed by atoms with Crippen LogP contribution in [0, 0.1) is 20.2 Å². The largest absolute Gasteiger partial charge is 0.455 e. The Bertz CT molecular complexity index is 1260. The normalized spacial score (nSPS) is 10.5. The molecular weight excluding hydrogens is 440 g/mol. The number of hydrogen-bond donors (Lipinski definition) is 2. The SMILES string of the molecule is Nc1ccc(-c2ccc(N)c(Oc3ccc([N+](=O)[O-])cc3)c2)cc1Oc1ccc([N+](=O)[O-])cc1. The lowest BCUT2D eigenvalue weighted by Crippen LogP contribution is -1.95. The highest BCUT2D eigenvalue weighted by Crippen LogP contribution is 2.36. The minimum atomic E-state index is -0.490. The summed E-state index contributed by atoms with van der Waals surface area (Å²) >= 11 is 0. The van der Waals surface area contributed by atoms with Crippen LogP contribution in [-0.4, -0.2) is 9.85 Å². The van der Waals surface area contributed by atoms with Gasteiger partial charge in [-0.05, 0) is 59.7 Å². The molecule has 10 nitrogen and oxygen atoms in total. The zero-order valence-corrected chi connectivity index (χ0v) is 17.6. The maximum atomic E-state index is 10.8. The zero-order valence-electron chi connectivity index (χ0n) is 17.6. The first-order chi connectivity index (χ1) is 16.3. The van der Waals surface area contributed by atoms with E-state index in [0.717, 1.165) is 11.1 Å². The summed E-state index contributed by atoms with van der Waals surface area (Å²) in [5.74, 6) is 1.55. The van der Waals surface area contributed by atoms with Gasteiger partial charge in [-0.1, -0.05) is 12.1 Å². The van der Waals surface area contributed by atoms with Crippen molar-refractivity contribution in [2.75, 3.05) is 11.5 Å². The Kier molecular flexibility index (Phi) is 5.95. The van der Waals surface area contributed by atoms with Crippen LogP contribution in [0.2, 0.25) is 0 Å². The number of hydrogen-bond acceptors (Lipinski definition) is 8. The molecule has 0 aliphatic carbocycles. The van der Waals surface area contributed by atoms with Crippen LogP contribution in [0.4, 0.5) is 22.7 Å². The molecule has 4 aromatic rings. The molecule has 4 N–H and O–H groups in total. The van der Waals surface area contributed by atoms with Crippen molar-refractivity contribution in [2.45, 2.75) is 0 Å². The van der Waals surface area contributed by atoms with Crippen LogP contribution in [0.25, 0.3) is 11.1 Å². The molecule has 10 heteroatoms. The molecule has 170 valence electrons. The Morgan fingerprint density at radius 3 is 1.24 bits per heavy atom. The highest BCUT2D eigenvalue weighted by molar-refractivity contribution is 5.74. The number of nitrogen functional groups attached to an aromatic ring is 2. The van der Waals surface area contributed by atoms with Crippen LogP contribution in [0.15, 0.2) is 84.9 Å². The molecule has 0 saturated heterocycles. The lowest BCUT2D eigenvalue weighted by atomic mass is 10.0. The van der Waals surface area contributed by atoms with Gasteiger partial charge in [0.15, 0.2) is 11.5 Å². The second-order valence-electron chi connectivity index (χ2n) is 7.21. The first-order valence-electron chi connectivity index (χ1n) is 9.94. The van der Waals surface area contributed by atoms with E-state index in [1.54, 1.807) is 36.4 Å². The van der Waals surface area contributed by atoms with Gasteiger partial charge in [0.25, 0.3) is 11.4 Å². The van der Waals surface area contributed by atoms with E-state index in [1.807, 2.05) is 0 Å². The number of nitrogens with zero attached hydrogens (tertiary/aromatic N) is 2. The second kappa shape index (κ2) is 9.17. The molecule has 0 aliphatic rings. The molecule has 0 aliphatic heterocycles. The lowest BCUT2D eigenvalue weighted by molar-refractivity contribution is -0.385. The van der Waals surface area contributed by atoms with Crippen molar-refractivity contribution < 1.29 is 19.3 Å². The first-order valence-corrected chi connectivity index (χ1v) is 9.94. The molecule has 4 aromatic carbocycles. The summed E-state index contributed by atoms with van der Waals surface area (Å²) in [6.07, 6.45) is 0. The molecule has 0 fully saturated rings. The Hall–Kier alpha value is -5.12. The van der Waals surface area contributed by atoms with Crippen molar-refractivity contribution in [3.8, 4) is 34.1 Å². The van der Waals surface area contributed by atoms with Crippen LogP contribution in [0.3, 0.4) is 0 Å². The monoisotopic (exact) mass is 458 g/mol. The van der Waals surface area contributed by atoms with Crippen molar-refractivity contribution in [2.24, 2.45) is 0 Å². The van der Waals surface area contributed by atoms with Crippen LogP contribution >= 0.6 is 0 Å². The first kappa shape index (κ1) is 22.1. The predicted molar refractivity (Wildman–Crippen MR) is 127 cm³/mol. The van der Waals surface area contributed by atoms with Gasteiger partial charge in [-0.2, -0.15) is 0 Å². The number of rotatable bonds is 7. The topological polar surface area (TPSA) is 157 Å². The maximum Gasteiger partial charge on any atom is 0.269 e. The molecular formula is C24H18N4O6. The average Bonchev–Trinajstić information content (AvgIpc) is 2.82. The number of benzene rings is 4. The predicted octanol–water partition coefficient (Wildman–Crippen LogP) is 5.92. The van der Waals surface area contributed by atoms with Gasteiger partial charge in [0.05, 0.1) is 21.2 Å². The fourth-order valence-corrected chi connectivity index (χ4v) is 3.13. The Balaban J connectivity index is 1.59. The fraction of sp³-hybridized carbons (Fsp3) is 0. The van der Waals surface area contributed by atoms with E-state index >= 15 is 0 Å². The summed E-state index contributed by atoms with van der Waals surface area (Å²) in [7, 11) is 0. The quantitative estimate of drug-likeness (QED) is 0.196. The standard InChI is InChI=1S/C24H18N4O6/c25-21-11-1-15(13-23(21)33-19-7-3-17(4-8-19)27(29)30)16-2-12-22(26)24(14-16)34-20-9-5-18(6-10-20)28(31)32/h1-14H,25-26H2. The lowest BCUT2D eigenvalue weighted by Gasteiger charge is -2.13. The van der Waals surface area contributed by atoms with Crippen molar-refractivity contribution in [1.29, 1.82) is 0 Å². The molecule has 0 spiro atoms. The van der Waals surface area contributed by atoms with Crippen molar-refractivity contribution in [3.05, 3.63) is 105 Å². The minimum absolute atomic E-state index is 0.0449. The Labute approximate surface area is 193 Å². The third-order valence-corrected chi connectivity index (χ3v) is 4.91. The van der Waals surface area contributed by atoms with Crippen molar-refractivity contribution >= 4 is 22.7 Å². The molecule has 0 saturated carbocycles. The van der Waals surface area contributed by atoms with Gasteiger partial charge >= 0.3 is 0 Å². The molecule has 0 unspecified atom stereocenters. The fourth-order valence-electron chi connectivity index (χ4n) is 3.13. The molecule has 0 heterocycles. The van der Waals surface area contributed by atoms with Crippen molar-refractivity contribution in [3.63, 3.8) is 0 Å². The Morgan fingerprint density at radius 1 is 0.559 bits per heavy atom. The molecule has 0 aromatic heterocycles. The van der Waals surface area contributed by atoms with Gasteiger partial charge < -0.3 is 20.9 Å². The summed E-state index contributed by atoms with van der Waals surface area (Å²) in [6.45, 7) is 0. The molecule has 0 radical (unpaired) electrons. The number of ether oxygens (including phenoxy) is 2. The Morgan fingerprint density at radius 2 is 0.912 bits per heavy atom. The van der Waals surface area contributed by atoms with E-state index in [2.05, 4.69) is 0 Å². The van der Waals surface area contributed by atoms with E-state index in [9.17, 15) is 20.2 Å². The minimum Gasteiger partial charge on any atom is -0.455 e. The summed E-state index contributed by atoms with van der Waals surface area (Å²) in [4.78, 5) is 20.7. The number of non-ortho nitro benzene ring substituents is 2. The van der Waals surface area contributed by atoms with Gasteiger partial charge in [0.2, 0.25) is 0 Å². The summed E-state index contributed by atoms with van der Waals surface area (Å²) in [6, 6.07) is 21.8. The molecule has 4 rings (SSSR count). The van der Waals surface area contributed by atoms with Gasteiger partial charge in [-0.15, -0.1) is 0 Å². The van der Waals surface area contributed by atoms with E-state index in [1.165, 1.54) is 48.5 Å². The van der Waals surface area contributed by atoms with Crippen LogP contribution in [0.1, 0.15) is 0 Å². The van der Waals surface area contributed by atoms with Crippen LogP contribution in [0.5, 0.6) is 23.0 Å². The molecule has 0 amide bonds. The highest BCUT2D eigenvalue weighted by Gasteiger charge is 2.11. The van der Waals surface area contributed by atoms with E-state index in [-0.39, 0.29) is 11.4 Å². The molecule has 0 bridgehead atoms. The number of nitro benzene ring substituents is 2. The second-order valence-corrected chi connectivity index (χ2v) is 7.21. The summed E-state index contributed by atoms with van der Waals surface area (Å²) in [5.41, 5.74) is 14.3. The number of nitrogens with two attached hydrogens (primary N) is 2. The molecule has 0 atom stereocenters. The van der Waals surface area contributed by atoms with E-state index in [4.69, 9.17) is 20.9 Å². The third kappa shape index (κ3) is 4.86.